The zero-order valence-corrected chi connectivity index (χ0v) is 10.0. The fourth-order valence-electron chi connectivity index (χ4n) is 0.855. The van der Waals surface area contributed by atoms with Gasteiger partial charge in [-0.15, -0.1) is 0 Å². The first kappa shape index (κ1) is 12.5. The molecule has 0 aliphatic rings. The van der Waals surface area contributed by atoms with Crippen LogP contribution in [0.4, 0.5) is 0 Å². The largest absolute Gasteiger partial charge is 0.251 e. The van der Waals surface area contributed by atoms with Crippen LogP contribution in [0.1, 0.15) is 5.82 Å². The Kier molecular flexibility index (Phi) is 4.58. The van der Waals surface area contributed by atoms with Gasteiger partial charge in [-0.05, 0) is 0 Å². The van der Waals surface area contributed by atoms with Crippen molar-refractivity contribution in [3.05, 3.63) is 18.2 Å². The molecule has 84 valence electrons. The summed E-state index contributed by atoms with van der Waals surface area (Å²) in [5.74, 6) is 0.210. The maximum absolute atomic E-state index is 11.5. The second-order valence-electron chi connectivity index (χ2n) is 2.62. The lowest BCUT2D eigenvalue weighted by Gasteiger charge is -2.01. The average molecular weight is 297 g/mol. The maximum atomic E-state index is 11.5. The van der Waals surface area contributed by atoms with Gasteiger partial charge in [-0.1, -0.05) is 15.9 Å². The van der Waals surface area contributed by atoms with Gasteiger partial charge in [0.2, 0.25) is 0 Å². The number of sulfone groups is 1. The third kappa shape index (κ3) is 3.49. The van der Waals surface area contributed by atoms with Crippen molar-refractivity contribution in [2.75, 3.05) is 11.1 Å². The Morgan fingerprint density at radius 1 is 1.40 bits per heavy atom. The number of alkyl halides is 1. The third-order valence-electron chi connectivity index (χ3n) is 1.58. The lowest BCUT2D eigenvalue weighted by Crippen LogP contribution is -2.09. The van der Waals surface area contributed by atoms with Crippen LogP contribution in [0.2, 0.25) is 0 Å². The number of halogens is 1. The molecule has 0 aliphatic carbocycles. The fraction of sp³-hybridized carbons (Fsp3) is 0.429. The summed E-state index contributed by atoms with van der Waals surface area (Å²) in [6.45, 7) is -0.168. The van der Waals surface area contributed by atoms with Crippen LogP contribution in [0.3, 0.4) is 0 Å². The van der Waals surface area contributed by atoms with Crippen molar-refractivity contribution in [3.8, 4) is 0 Å². The van der Waals surface area contributed by atoms with E-state index in [9.17, 15) is 8.42 Å². The lowest BCUT2D eigenvalue weighted by atomic mass is 10.6. The highest BCUT2D eigenvalue weighted by Crippen LogP contribution is 2.09. The molecule has 0 amide bonds. The van der Waals surface area contributed by atoms with Crippen molar-refractivity contribution in [1.29, 1.82) is 0 Å². The third-order valence-corrected chi connectivity index (χ3v) is 4.17. The standard InChI is InChI=1S/C7H9BrN2O4S/c8-1-2-15(12,13)6-3-9-7(5-14-11)10-4-6/h3-4,11H,1-2,5H2. The summed E-state index contributed by atoms with van der Waals surface area (Å²) >= 11 is 3.05. The SMILES string of the molecule is O=S(=O)(CCBr)c1cnc(COO)nc1. The number of nitrogens with zero attached hydrogens (tertiary/aromatic N) is 2. The van der Waals surface area contributed by atoms with Crippen LogP contribution in [0.5, 0.6) is 0 Å². The lowest BCUT2D eigenvalue weighted by molar-refractivity contribution is -0.254. The van der Waals surface area contributed by atoms with Gasteiger partial charge in [0.25, 0.3) is 0 Å². The molecule has 1 rings (SSSR count). The van der Waals surface area contributed by atoms with Crippen LogP contribution >= 0.6 is 15.9 Å². The minimum atomic E-state index is -3.32. The number of aromatic nitrogens is 2. The van der Waals surface area contributed by atoms with Crippen molar-refractivity contribution in [1.82, 2.24) is 9.97 Å². The van der Waals surface area contributed by atoms with E-state index >= 15 is 0 Å². The number of hydrogen-bond donors (Lipinski definition) is 1. The van der Waals surface area contributed by atoms with Gasteiger partial charge < -0.3 is 0 Å². The highest BCUT2D eigenvalue weighted by molar-refractivity contribution is 9.09. The predicted octanol–water partition coefficient (Wildman–Crippen LogP) is 0.635. The molecule has 0 aromatic carbocycles. The monoisotopic (exact) mass is 296 g/mol. The van der Waals surface area contributed by atoms with Gasteiger partial charge in [-0.3, -0.25) is 5.26 Å². The molecular weight excluding hydrogens is 288 g/mol. The Hall–Kier alpha value is -0.570. The van der Waals surface area contributed by atoms with Crippen LogP contribution in [0.15, 0.2) is 17.3 Å². The summed E-state index contributed by atoms with van der Waals surface area (Å²) in [5.41, 5.74) is 0. The Morgan fingerprint density at radius 3 is 2.47 bits per heavy atom. The highest BCUT2D eigenvalue weighted by Gasteiger charge is 2.14. The van der Waals surface area contributed by atoms with Crippen LogP contribution < -0.4 is 0 Å². The summed E-state index contributed by atoms with van der Waals surface area (Å²) < 4.78 is 23.0. The van der Waals surface area contributed by atoms with Crippen molar-refractivity contribution in [3.63, 3.8) is 0 Å². The molecule has 0 radical (unpaired) electrons. The Bertz CT molecular complexity index is 406. The molecule has 1 aromatic heterocycles. The summed E-state index contributed by atoms with van der Waals surface area (Å²) in [7, 11) is -3.32. The maximum Gasteiger partial charge on any atom is 0.182 e. The first-order valence-corrected chi connectivity index (χ1v) is 6.73. The van der Waals surface area contributed by atoms with Gasteiger partial charge in [0, 0.05) is 17.7 Å². The summed E-state index contributed by atoms with van der Waals surface area (Å²) in [6, 6.07) is 0. The minimum Gasteiger partial charge on any atom is -0.251 e. The van der Waals surface area contributed by atoms with E-state index in [0.717, 1.165) is 0 Å². The van der Waals surface area contributed by atoms with E-state index in [4.69, 9.17) is 5.26 Å². The van der Waals surface area contributed by atoms with Gasteiger partial charge in [0.05, 0.1) is 5.75 Å². The average Bonchev–Trinajstić information content (AvgIpc) is 2.19. The van der Waals surface area contributed by atoms with Crippen molar-refractivity contribution < 1.29 is 18.6 Å². The van der Waals surface area contributed by atoms with E-state index < -0.39 is 9.84 Å². The molecule has 1 heterocycles. The fourth-order valence-corrected chi connectivity index (χ4v) is 3.00. The zero-order chi connectivity index (χ0) is 11.3. The summed E-state index contributed by atoms with van der Waals surface area (Å²) in [4.78, 5) is 11.3. The van der Waals surface area contributed by atoms with Gasteiger partial charge >= 0.3 is 0 Å². The van der Waals surface area contributed by atoms with Crippen molar-refractivity contribution in [2.24, 2.45) is 0 Å². The molecule has 1 aromatic rings. The normalized spacial score (nSPS) is 11.6. The molecule has 0 saturated heterocycles. The molecule has 0 spiro atoms. The second-order valence-corrected chi connectivity index (χ2v) is 5.52. The minimum absolute atomic E-state index is 0.00773. The van der Waals surface area contributed by atoms with E-state index in [0.29, 0.717) is 5.33 Å². The molecule has 6 nitrogen and oxygen atoms in total. The molecule has 15 heavy (non-hydrogen) atoms. The van der Waals surface area contributed by atoms with E-state index in [1.165, 1.54) is 12.4 Å². The number of hydrogen-bond acceptors (Lipinski definition) is 6. The number of rotatable bonds is 5. The summed E-state index contributed by atoms with van der Waals surface area (Å²) in [5, 5.41) is 8.49. The van der Waals surface area contributed by atoms with Crippen LogP contribution in [0, 0.1) is 0 Å². The molecule has 0 atom stereocenters. The van der Waals surface area contributed by atoms with E-state index in [1.807, 2.05) is 0 Å². The first-order chi connectivity index (χ1) is 7.10. The molecule has 8 heteroatoms. The predicted molar refractivity (Wildman–Crippen MR) is 55.3 cm³/mol. The molecule has 1 N–H and O–H groups in total. The van der Waals surface area contributed by atoms with Gasteiger partial charge in [0.1, 0.15) is 11.5 Å². The first-order valence-electron chi connectivity index (χ1n) is 3.96. The Morgan fingerprint density at radius 2 is 2.00 bits per heavy atom. The molecule has 0 aliphatic heterocycles. The van der Waals surface area contributed by atoms with Gasteiger partial charge in [0.15, 0.2) is 15.7 Å². The van der Waals surface area contributed by atoms with E-state index in [-0.39, 0.29) is 23.1 Å². The van der Waals surface area contributed by atoms with Crippen LogP contribution in [-0.4, -0.2) is 34.7 Å². The van der Waals surface area contributed by atoms with Gasteiger partial charge in [-0.25, -0.2) is 23.3 Å². The Balaban J connectivity index is 2.89. The van der Waals surface area contributed by atoms with Crippen molar-refractivity contribution in [2.45, 2.75) is 11.5 Å². The smallest absolute Gasteiger partial charge is 0.182 e. The highest BCUT2D eigenvalue weighted by atomic mass is 79.9. The van der Waals surface area contributed by atoms with Crippen molar-refractivity contribution >= 4 is 25.8 Å². The molecule has 0 saturated carbocycles. The Labute approximate surface area is 95.3 Å². The molecule has 0 bridgehead atoms. The van der Waals surface area contributed by atoms with Crippen LogP contribution in [0.25, 0.3) is 0 Å². The quantitative estimate of drug-likeness (QED) is 0.487. The molecular formula is C7H9BrN2O4S. The molecule has 0 fully saturated rings. The van der Waals surface area contributed by atoms with E-state index in [2.05, 4.69) is 30.8 Å². The van der Waals surface area contributed by atoms with Gasteiger partial charge in [-0.2, -0.15) is 0 Å². The van der Waals surface area contributed by atoms with E-state index in [1.54, 1.807) is 0 Å². The topological polar surface area (TPSA) is 89.4 Å². The zero-order valence-electron chi connectivity index (χ0n) is 7.63. The summed E-state index contributed by atoms with van der Waals surface area (Å²) in [6.07, 6.45) is 2.39. The van der Waals surface area contributed by atoms with Crippen LogP contribution in [-0.2, 0) is 21.3 Å². The molecule has 0 unspecified atom stereocenters. The second kappa shape index (κ2) is 5.50.